The van der Waals surface area contributed by atoms with Crippen molar-refractivity contribution in [2.45, 2.75) is 38.7 Å². The van der Waals surface area contributed by atoms with E-state index in [1.165, 1.54) is 6.92 Å². The van der Waals surface area contributed by atoms with Crippen LogP contribution >= 0.6 is 0 Å². The average molecular weight is 479 g/mol. The van der Waals surface area contributed by atoms with Crippen molar-refractivity contribution in [1.82, 2.24) is 15.0 Å². The minimum absolute atomic E-state index is 0.164. The zero-order valence-corrected chi connectivity index (χ0v) is 20.1. The van der Waals surface area contributed by atoms with Gasteiger partial charge in [0.05, 0.1) is 56.1 Å². The number of amides is 1. The van der Waals surface area contributed by atoms with Crippen molar-refractivity contribution in [3.05, 3.63) is 35.8 Å². The summed E-state index contributed by atoms with van der Waals surface area (Å²) in [6.07, 6.45) is 6.11. The number of fused-ring (bicyclic) bond motifs is 3. The molecule has 3 aromatic heterocycles. The first kappa shape index (κ1) is 22.5. The highest BCUT2D eigenvalue weighted by Gasteiger charge is 2.44. The van der Waals surface area contributed by atoms with Crippen molar-refractivity contribution in [3.8, 4) is 17.0 Å². The van der Waals surface area contributed by atoms with Crippen LogP contribution in [0.2, 0.25) is 0 Å². The molecule has 6 heterocycles. The zero-order valence-electron chi connectivity index (χ0n) is 20.1. The third kappa shape index (κ3) is 4.07. The lowest BCUT2D eigenvalue weighted by Gasteiger charge is -2.38. The standard InChI is InChI=1S/C26H30N4O5/c1-16(31)29-23-9-18-19(11-27-21(18)12-28-23)20-10-22(34-8-4-25(2)13-33-14-25)17-3-6-35-26(24(17)30-20)5-7-32-15-26/h9-12,27H,3-8,13-15H2,1-2H3,(H,28,29,31). The van der Waals surface area contributed by atoms with Crippen molar-refractivity contribution in [3.63, 3.8) is 0 Å². The van der Waals surface area contributed by atoms with E-state index in [1.807, 2.05) is 18.3 Å². The van der Waals surface area contributed by atoms with Gasteiger partial charge in [0, 0.05) is 60.6 Å². The molecule has 3 aliphatic rings. The molecule has 3 aromatic rings. The Morgan fingerprint density at radius 3 is 2.86 bits per heavy atom. The van der Waals surface area contributed by atoms with Gasteiger partial charge in [-0.15, -0.1) is 0 Å². The Hall–Kier alpha value is -3.01. The number of aromatic nitrogens is 3. The third-order valence-electron chi connectivity index (χ3n) is 7.24. The van der Waals surface area contributed by atoms with Crippen LogP contribution in [0, 0.1) is 5.41 Å². The Balaban J connectivity index is 1.42. The summed E-state index contributed by atoms with van der Waals surface area (Å²) >= 11 is 0. The van der Waals surface area contributed by atoms with Gasteiger partial charge >= 0.3 is 0 Å². The Labute approximate surface area is 203 Å². The van der Waals surface area contributed by atoms with E-state index in [9.17, 15) is 4.79 Å². The predicted molar refractivity (Wildman–Crippen MR) is 129 cm³/mol. The van der Waals surface area contributed by atoms with Gasteiger partial charge in [-0.1, -0.05) is 6.92 Å². The quantitative estimate of drug-likeness (QED) is 0.558. The number of nitrogens with zero attached hydrogens (tertiary/aromatic N) is 2. The number of aromatic amines is 1. The van der Waals surface area contributed by atoms with E-state index in [4.69, 9.17) is 23.9 Å². The number of carbonyl (C=O) groups excluding carboxylic acids is 1. The minimum atomic E-state index is -0.537. The molecule has 2 saturated heterocycles. The molecule has 0 saturated carbocycles. The molecule has 3 aliphatic heterocycles. The van der Waals surface area contributed by atoms with Gasteiger partial charge < -0.3 is 29.2 Å². The molecule has 184 valence electrons. The maximum Gasteiger partial charge on any atom is 0.222 e. The van der Waals surface area contributed by atoms with E-state index in [0.717, 1.165) is 71.6 Å². The van der Waals surface area contributed by atoms with Gasteiger partial charge in [-0.3, -0.25) is 4.79 Å². The second-order valence-corrected chi connectivity index (χ2v) is 10.1. The van der Waals surface area contributed by atoms with E-state index >= 15 is 0 Å². The highest BCUT2D eigenvalue weighted by Crippen LogP contribution is 2.44. The van der Waals surface area contributed by atoms with Crippen LogP contribution in [0.15, 0.2) is 24.5 Å². The summed E-state index contributed by atoms with van der Waals surface area (Å²) in [6.45, 7) is 7.66. The third-order valence-corrected chi connectivity index (χ3v) is 7.24. The molecule has 0 bridgehead atoms. The lowest BCUT2D eigenvalue weighted by atomic mass is 9.85. The number of anilines is 1. The summed E-state index contributed by atoms with van der Waals surface area (Å²) in [5.74, 6) is 1.19. The molecule has 9 nitrogen and oxygen atoms in total. The summed E-state index contributed by atoms with van der Waals surface area (Å²) in [4.78, 5) is 24.3. The first-order valence-electron chi connectivity index (χ1n) is 12.2. The van der Waals surface area contributed by atoms with Gasteiger partial charge in [0.15, 0.2) is 0 Å². The van der Waals surface area contributed by atoms with Crippen molar-refractivity contribution in [1.29, 1.82) is 0 Å². The first-order chi connectivity index (χ1) is 16.9. The van der Waals surface area contributed by atoms with E-state index in [2.05, 4.69) is 22.2 Å². The lowest BCUT2D eigenvalue weighted by Crippen LogP contribution is -2.41. The molecule has 1 spiro atoms. The van der Waals surface area contributed by atoms with Crippen LogP contribution in [0.3, 0.4) is 0 Å². The highest BCUT2D eigenvalue weighted by molar-refractivity contribution is 5.97. The average Bonchev–Trinajstić information content (AvgIpc) is 3.45. The molecule has 0 radical (unpaired) electrons. The Kier molecular flexibility index (Phi) is 5.51. The normalized spacial score (nSPS) is 22.7. The molecule has 2 fully saturated rings. The molecule has 0 aliphatic carbocycles. The van der Waals surface area contributed by atoms with E-state index in [-0.39, 0.29) is 11.3 Å². The largest absolute Gasteiger partial charge is 0.493 e. The smallest absolute Gasteiger partial charge is 0.222 e. The Morgan fingerprint density at radius 1 is 1.23 bits per heavy atom. The number of rotatable bonds is 6. The molecular weight excluding hydrogens is 448 g/mol. The number of ether oxygens (including phenoxy) is 4. The molecule has 1 atom stereocenters. The maximum absolute atomic E-state index is 11.6. The van der Waals surface area contributed by atoms with Crippen molar-refractivity contribution >= 4 is 22.6 Å². The fraction of sp³-hybridized carbons (Fsp3) is 0.500. The van der Waals surface area contributed by atoms with Gasteiger partial charge in [0.2, 0.25) is 5.91 Å². The van der Waals surface area contributed by atoms with E-state index < -0.39 is 5.60 Å². The molecule has 9 heteroatoms. The number of nitrogens with one attached hydrogen (secondary N) is 2. The van der Waals surface area contributed by atoms with Crippen molar-refractivity contribution in [2.24, 2.45) is 5.41 Å². The fourth-order valence-electron chi connectivity index (χ4n) is 5.18. The van der Waals surface area contributed by atoms with E-state index in [1.54, 1.807) is 6.20 Å². The lowest BCUT2D eigenvalue weighted by molar-refractivity contribution is -0.114. The van der Waals surface area contributed by atoms with Crippen LogP contribution < -0.4 is 10.1 Å². The summed E-state index contributed by atoms with van der Waals surface area (Å²) in [7, 11) is 0. The Bertz CT molecular complexity index is 1280. The zero-order chi connectivity index (χ0) is 24.0. The van der Waals surface area contributed by atoms with Crippen molar-refractivity contribution in [2.75, 3.05) is 45.0 Å². The van der Waals surface area contributed by atoms with Crippen LogP contribution in [0.4, 0.5) is 5.82 Å². The van der Waals surface area contributed by atoms with Gasteiger partial charge in [-0.05, 0) is 12.5 Å². The summed E-state index contributed by atoms with van der Waals surface area (Å²) < 4.78 is 23.9. The fourth-order valence-corrected chi connectivity index (χ4v) is 5.18. The molecule has 1 amide bonds. The van der Waals surface area contributed by atoms with Crippen LogP contribution in [-0.4, -0.2) is 60.5 Å². The van der Waals surface area contributed by atoms with E-state index in [0.29, 0.717) is 32.2 Å². The van der Waals surface area contributed by atoms with Crippen molar-refractivity contribution < 1.29 is 23.7 Å². The molecule has 0 aromatic carbocycles. The molecule has 1 unspecified atom stereocenters. The number of pyridine rings is 2. The monoisotopic (exact) mass is 478 g/mol. The number of hydrogen-bond acceptors (Lipinski definition) is 7. The highest BCUT2D eigenvalue weighted by atomic mass is 16.6. The summed E-state index contributed by atoms with van der Waals surface area (Å²) in [5, 5.41) is 3.69. The number of carbonyl (C=O) groups is 1. The maximum atomic E-state index is 11.6. The second kappa shape index (κ2) is 8.58. The Morgan fingerprint density at radius 2 is 2.11 bits per heavy atom. The molecule has 2 N–H and O–H groups in total. The molecule has 6 rings (SSSR count). The summed E-state index contributed by atoms with van der Waals surface area (Å²) in [6, 6.07) is 3.90. The van der Waals surface area contributed by atoms with Crippen LogP contribution in [-0.2, 0) is 31.0 Å². The predicted octanol–water partition coefficient (Wildman–Crippen LogP) is 3.58. The molecular formula is C26H30N4O5. The van der Waals surface area contributed by atoms with Crippen LogP contribution in [0.5, 0.6) is 5.75 Å². The van der Waals surface area contributed by atoms with Crippen LogP contribution in [0.1, 0.15) is 37.9 Å². The summed E-state index contributed by atoms with van der Waals surface area (Å²) in [5.41, 5.74) is 4.25. The molecule has 35 heavy (non-hydrogen) atoms. The topological polar surface area (TPSA) is 108 Å². The van der Waals surface area contributed by atoms with Gasteiger partial charge in [-0.25, -0.2) is 9.97 Å². The SMILES string of the molecule is CC(=O)Nc1cc2c(-c3cc(OCCC4(C)COC4)c4c(n3)C3(CCOC3)OCC4)c[nH]c2cn1. The van der Waals surface area contributed by atoms with Crippen LogP contribution in [0.25, 0.3) is 22.2 Å². The second-order valence-electron chi connectivity index (χ2n) is 10.1. The van der Waals surface area contributed by atoms with Gasteiger partial charge in [0.1, 0.15) is 17.2 Å². The van der Waals surface area contributed by atoms with Gasteiger partial charge in [-0.2, -0.15) is 0 Å². The number of hydrogen-bond donors (Lipinski definition) is 2. The van der Waals surface area contributed by atoms with Gasteiger partial charge in [0.25, 0.3) is 0 Å². The number of H-pyrrole nitrogens is 1. The minimum Gasteiger partial charge on any atom is -0.493 e. The first-order valence-corrected chi connectivity index (χ1v) is 12.2.